The number of nitrogens with two attached hydrogens (primary N) is 1. The van der Waals surface area contributed by atoms with Gasteiger partial charge in [0, 0.05) is 19.2 Å². The number of rotatable bonds is 4. The van der Waals surface area contributed by atoms with E-state index in [1.165, 1.54) is 0 Å². The van der Waals surface area contributed by atoms with E-state index in [0.717, 1.165) is 12.8 Å². The summed E-state index contributed by atoms with van der Waals surface area (Å²) in [6.45, 7) is 0.229. The summed E-state index contributed by atoms with van der Waals surface area (Å²) < 4.78 is 0.606. The molecule has 3 N–H and O–H groups in total. The van der Waals surface area contributed by atoms with E-state index in [9.17, 15) is 4.79 Å². The third-order valence-electron chi connectivity index (χ3n) is 2.37. The largest absolute Gasteiger partial charge is 0.383 e. The Morgan fingerprint density at radius 1 is 1.65 bits per heavy atom. The van der Waals surface area contributed by atoms with Gasteiger partial charge in [0.1, 0.15) is 10.4 Å². The van der Waals surface area contributed by atoms with Gasteiger partial charge < -0.3 is 16.0 Å². The topological polar surface area (TPSA) is 84.1 Å². The Balaban J connectivity index is 1.97. The zero-order valence-corrected chi connectivity index (χ0v) is 11.1. The van der Waals surface area contributed by atoms with Crippen molar-refractivity contribution in [2.24, 2.45) is 0 Å². The molecule has 1 aromatic heterocycles. The number of hydrogen-bond acceptors (Lipinski definition) is 5. The maximum absolute atomic E-state index is 11.6. The van der Waals surface area contributed by atoms with Crippen LogP contribution in [0.1, 0.15) is 12.8 Å². The van der Waals surface area contributed by atoms with E-state index in [-0.39, 0.29) is 12.5 Å². The van der Waals surface area contributed by atoms with Crippen molar-refractivity contribution in [1.82, 2.24) is 15.3 Å². The van der Waals surface area contributed by atoms with E-state index in [1.807, 2.05) is 0 Å². The van der Waals surface area contributed by atoms with Crippen LogP contribution in [0.25, 0.3) is 0 Å². The fourth-order valence-electron chi connectivity index (χ4n) is 1.38. The molecule has 7 heteroatoms. The molecule has 0 radical (unpaired) electrons. The van der Waals surface area contributed by atoms with Crippen molar-refractivity contribution in [1.29, 1.82) is 0 Å². The molecule has 1 saturated carbocycles. The van der Waals surface area contributed by atoms with Gasteiger partial charge in [-0.15, -0.1) is 0 Å². The molecule has 0 spiro atoms. The number of halogens is 1. The molecule has 1 aliphatic carbocycles. The second-order valence-electron chi connectivity index (χ2n) is 4.11. The number of nitrogens with one attached hydrogen (secondary N) is 1. The van der Waals surface area contributed by atoms with Crippen molar-refractivity contribution in [3.05, 3.63) is 10.7 Å². The molecule has 92 valence electrons. The van der Waals surface area contributed by atoms with Gasteiger partial charge in [0.05, 0.1) is 6.54 Å². The SMILES string of the molecule is CN(CC(=O)NC1CC1)c1nc(N)cc(Br)n1. The predicted octanol–water partition coefficient (Wildman–Crippen LogP) is 0.536. The lowest BCUT2D eigenvalue weighted by Crippen LogP contribution is -2.37. The van der Waals surface area contributed by atoms with Gasteiger partial charge in [-0.25, -0.2) is 4.98 Å². The van der Waals surface area contributed by atoms with E-state index in [1.54, 1.807) is 18.0 Å². The first-order valence-corrected chi connectivity index (χ1v) is 6.14. The van der Waals surface area contributed by atoms with Crippen LogP contribution < -0.4 is 16.0 Å². The normalized spacial score (nSPS) is 14.5. The smallest absolute Gasteiger partial charge is 0.239 e. The number of carbonyl (C=O) groups excluding carboxylic acids is 1. The second kappa shape index (κ2) is 4.87. The summed E-state index contributed by atoms with van der Waals surface area (Å²) in [5.74, 6) is 0.788. The molecule has 0 saturated heterocycles. The summed E-state index contributed by atoms with van der Waals surface area (Å²) in [5.41, 5.74) is 5.61. The van der Waals surface area contributed by atoms with E-state index >= 15 is 0 Å². The van der Waals surface area contributed by atoms with Crippen LogP contribution >= 0.6 is 15.9 Å². The van der Waals surface area contributed by atoms with E-state index < -0.39 is 0 Å². The summed E-state index contributed by atoms with van der Waals surface area (Å²) in [6.07, 6.45) is 2.16. The fourth-order valence-corrected chi connectivity index (χ4v) is 1.77. The second-order valence-corrected chi connectivity index (χ2v) is 4.93. The van der Waals surface area contributed by atoms with Gasteiger partial charge in [0.25, 0.3) is 0 Å². The molecular formula is C10H14BrN5O. The highest BCUT2D eigenvalue weighted by atomic mass is 79.9. The fraction of sp³-hybridized carbons (Fsp3) is 0.500. The number of hydrogen-bond donors (Lipinski definition) is 2. The summed E-state index contributed by atoms with van der Waals surface area (Å²) in [6, 6.07) is 1.98. The monoisotopic (exact) mass is 299 g/mol. The molecule has 1 amide bonds. The molecular weight excluding hydrogens is 286 g/mol. The van der Waals surface area contributed by atoms with Crippen LogP contribution in [-0.2, 0) is 4.79 Å². The molecule has 1 fully saturated rings. The van der Waals surface area contributed by atoms with Crippen molar-refractivity contribution in [3.63, 3.8) is 0 Å². The summed E-state index contributed by atoms with van der Waals surface area (Å²) >= 11 is 3.24. The quantitative estimate of drug-likeness (QED) is 0.793. The third kappa shape index (κ3) is 3.55. The maximum atomic E-state index is 11.6. The van der Waals surface area contributed by atoms with E-state index in [0.29, 0.717) is 22.4 Å². The number of carbonyl (C=O) groups is 1. The summed E-state index contributed by atoms with van der Waals surface area (Å²) in [4.78, 5) is 21.5. The van der Waals surface area contributed by atoms with Crippen LogP contribution in [0.4, 0.5) is 11.8 Å². The van der Waals surface area contributed by atoms with Crippen molar-refractivity contribution in [2.75, 3.05) is 24.2 Å². The van der Waals surface area contributed by atoms with Crippen molar-refractivity contribution in [3.8, 4) is 0 Å². The van der Waals surface area contributed by atoms with Crippen molar-refractivity contribution < 1.29 is 4.79 Å². The predicted molar refractivity (Wildman–Crippen MR) is 68.6 cm³/mol. The number of likely N-dealkylation sites (N-methyl/N-ethyl adjacent to an activating group) is 1. The highest BCUT2D eigenvalue weighted by molar-refractivity contribution is 9.10. The molecule has 1 heterocycles. The van der Waals surface area contributed by atoms with Gasteiger partial charge in [-0.2, -0.15) is 4.98 Å². The first kappa shape index (κ1) is 12.1. The molecule has 0 aromatic carbocycles. The Bertz CT molecular complexity index is 414. The Morgan fingerprint density at radius 2 is 2.35 bits per heavy atom. The Hall–Kier alpha value is -1.37. The minimum absolute atomic E-state index is 0.0165. The number of nitrogens with zero attached hydrogens (tertiary/aromatic N) is 3. The molecule has 0 bridgehead atoms. The Kier molecular flexibility index (Phi) is 3.46. The number of aromatic nitrogens is 2. The first-order valence-electron chi connectivity index (χ1n) is 5.35. The number of anilines is 2. The lowest BCUT2D eigenvalue weighted by atomic mass is 10.5. The molecule has 6 nitrogen and oxygen atoms in total. The standard InChI is InChI=1S/C10H14BrN5O/c1-16(5-9(17)13-6-2-3-6)10-14-7(11)4-8(12)15-10/h4,6H,2-3,5H2,1H3,(H,13,17)(H2,12,14,15). The zero-order chi connectivity index (χ0) is 12.4. The number of amides is 1. The molecule has 2 rings (SSSR count). The highest BCUT2D eigenvalue weighted by Gasteiger charge is 2.23. The zero-order valence-electron chi connectivity index (χ0n) is 9.48. The third-order valence-corrected chi connectivity index (χ3v) is 2.77. The van der Waals surface area contributed by atoms with Crippen molar-refractivity contribution in [2.45, 2.75) is 18.9 Å². The van der Waals surface area contributed by atoms with Gasteiger partial charge in [0.15, 0.2) is 0 Å². The van der Waals surface area contributed by atoms with Gasteiger partial charge in [-0.1, -0.05) is 0 Å². The van der Waals surface area contributed by atoms with E-state index in [2.05, 4.69) is 31.2 Å². The number of nitrogen functional groups attached to an aromatic ring is 1. The van der Waals surface area contributed by atoms with Crippen LogP contribution in [-0.4, -0.2) is 35.5 Å². The lowest BCUT2D eigenvalue weighted by molar-refractivity contribution is -0.119. The van der Waals surface area contributed by atoms with Crippen molar-refractivity contribution >= 4 is 33.6 Å². The minimum Gasteiger partial charge on any atom is -0.383 e. The average Bonchev–Trinajstić information content (AvgIpc) is 2.99. The van der Waals surface area contributed by atoms with E-state index in [4.69, 9.17) is 5.73 Å². The van der Waals surface area contributed by atoms with Gasteiger partial charge in [-0.05, 0) is 28.8 Å². The average molecular weight is 300 g/mol. The lowest BCUT2D eigenvalue weighted by Gasteiger charge is -2.16. The van der Waals surface area contributed by atoms with Crippen LogP contribution in [0.3, 0.4) is 0 Å². The Labute approximate surface area is 108 Å². The molecule has 1 aromatic rings. The van der Waals surface area contributed by atoms with Gasteiger partial charge >= 0.3 is 0 Å². The molecule has 1 aliphatic rings. The molecule has 17 heavy (non-hydrogen) atoms. The maximum Gasteiger partial charge on any atom is 0.239 e. The van der Waals surface area contributed by atoms with Crippen LogP contribution in [0.15, 0.2) is 10.7 Å². The van der Waals surface area contributed by atoms with Gasteiger partial charge in [0.2, 0.25) is 11.9 Å². The molecule has 0 aliphatic heterocycles. The first-order chi connectivity index (χ1) is 8.04. The molecule has 0 unspecified atom stereocenters. The van der Waals surface area contributed by atoms with Gasteiger partial charge in [-0.3, -0.25) is 4.79 Å². The van der Waals surface area contributed by atoms with Crippen LogP contribution in [0.2, 0.25) is 0 Å². The Morgan fingerprint density at radius 3 is 2.94 bits per heavy atom. The van der Waals surface area contributed by atoms with Crippen LogP contribution in [0.5, 0.6) is 0 Å². The minimum atomic E-state index is -0.0165. The molecule has 0 atom stereocenters. The summed E-state index contributed by atoms with van der Waals surface area (Å²) in [7, 11) is 1.76. The summed E-state index contributed by atoms with van der Waals surface area (Å²) in [5, 5.41) is 2.90. The van der Waals surface area contributed by atoms with Crippen LogP contribution in [0, 0.1) is 0 Å². The highest BCUT2D eigenvalue weighted by Crippen LogP contribution is 2.19.